The first-order valence-corrected chi connectivity index (χ1v) is 4.86. The normalized spacial score (nSPS) is 16.4. The van der Waals surface area contributed by atoms with Gasteiger partial charge in [0.05, 0.1) is 6.61 Å². The molecule has 0 amide bonds. The molecule has 0 unspecified atom stereocenters. The minimum Gasteiger partial charge on any atom is -0.508 e. The van der Waals surface area contributed by atoms with Crippen molar-refractivity contribution in [1.82, 2.24) is 0 Å². The molecule has 2 rings (SSSR count). The molecule has 1 aliphatic rings. The lowest BCUT2D eigenvalue weighted by molar-refractivity contribution is 0.180. The van der Waals surface area contributed by atoms with E-state index in [2.05, 4.69) is 0 Å². The molecule has 1 N–H and O–H groups in total. The van der Waals surface area contributed by atoms with Crippen LogP contribution in [0.3, 0.4) is 0 Å². The summed E-state index contributed by atoms with van der Waals surface area (Å²) in [6.07, 6.45) is 3.66. The Labute approximate surface area is 82.3 Å². The van der Waals surface area contributed by atoms with Gasteiger partial charge in [0.1, 0.15) is 17.3 Å². The molecule has 0 radical (unpaired) electrons. The zero-order valence-corrected chi connectivity index (χ0v) is 7.87. The predicted octanol–water partition coefficient (Wildman–Crippen LogP) is 2.71. The van der Waals surface area contributed by atoms with Gasteiger partial charge in [-0.3, -0.25) is 0 Å². The highest BCUT2D eigenvalue weighted by molar-refractivity contribution is 5.32. The van der Waals surface area contributed by atoms with E-state index in [1.54, 1.807) is 0 Å². The number of hydrogen-bond acceptors (Lipinski definition) is 2. The first-order chi connectivity index (χ1) is 6.74. The van der Waals surface area contributed by atoms with E-state index < -0.39 is 5.82 Å². The van der Waals surface area contributed by atoms with Crippen molar-refractivity contribution in [1.29, 1.82) is 0 Å². The Morgan fingerprint density at radius 3 is 2.71 bits per heavy atom. The van der Waals surface area contributed by atoms with Crippen molar-refractivity contribution in [2.24, 2.45) is 5.92 Å². The van der Waals surface area contributed by atoms with Gasteiger partial charge in [-0.15, -0.1) is 0 Å². The third kappa shape index (κ3) is 2.16. The summed E-state index contributed by atoms with van der Waals surface area (Å²) in [5.41, 5.74) is 0. The molecule has 76 valence electrons. The summed E-state index contributed by atoms with van der Waals surface area (Å²) >= 11 is 0. The molecule has 3 heteroatoms. The number of benzene rings is 1. The Hall–Kier alpha value is -1.25. The van der Waals surface area contributed by atoms with Gasteiger partial charge in [0.25, 0.3) is 0 Å². The van der Waals surface area contributed by atoms with Crippen molar-refractivity contribution in [2.45, 2.75) is 19.3 Å². The van der Waals surface area contributed by atoms with E-state index >= 15 is 0 Å². The van der Waals surface area contributed by atoms with Crippen LogP contribution >= 0.6 is 0 Å². The quantitative estimate of drug-likeness (QED) is 0.805. The lowest BCUT2D eigenvalue weighted by Gasteiger charge is -2.25. The van der Waals surface area contributed by atoms with Crippen LogP contribution in [0.15, 0.2) is 18.2 Å². The molecule has 1 aromatic rings. The molecule has 1 aliphatic carbocycles. The second-order valence-corrected chi connectivity index (χ2v) is 3.75. The van der Waals surface area contributed by atoms with E-state index in [1.807, 2.05) is 0 Å². The molecule has 0 aliphatic heterocycles. The standard InChI is InChI=1S/C11H13FO2/c12-9-4-10(13)6-11(5-9)14-7-8-2-1-3-8/h4-6,8,13H,1-3,7H2. The van der Waals surface area contributed by atoms with Crippen molar-refractivity contribution >= 4 is 0 Å². The Morgan fingerprint density at radius 1 is 1.36 bits per heavy atom. The Balaban J connectivity index is 1.94. The van der Waals surface area contributed by atoms with Crippen molar-refractivity contribution in [3.63, 3.8) is 0 Å². The summed E-state index contributed by atoms with van der Waals surface area (Å²) in [4.78, 5) is 0. The molecule has 0 saturated heterocycles. The number of rotatable bonds is 3. The van der Waals surface area contributed by atoms with Gasteiger partial charge >= 0.3 is 0 Å². The summed E-state index contributed by atoms with van der Waals surface area (Å²) in [6, 6.07) is 3.79. The van der Waals surface area contributed by atoms with Gasteiger partial charge in [-0.2, -0.15) is 0 Å². The first-order valence-electron chi connectivity index (χ1n) is 4.86. The summed E-state index contributed by atoms with van der Waals surface area (Å²) in [5, 5.41) is 9.11. The Bertz CT molecular complexity index is 301. The molecule has 0 aromatic heterocycles. The van der Waals surface area contributed by atoms with Crippen LogP contribution in [0.4, 0.5) is 4.39 Å². The van der Waals surface area contributed by atoms with E-state index in [0.717, 1.165) is 6.07 Å². The van der Waals surface area contributed by atoms with Crippen LogP contribution in [-0.2, 0) is 0 Å². The molecule has 0 heterocycles. The molecular formula is C11H13FO2. The first kappa shape index (κ1) is 9.31. The largest absolute Gasteiger partial charge is 0.508 e. The molecule has 0 bridgehead atoms. The van der Waals surface area contributed by atoms with Gasteiger partial charge in [0.15, 0.2) is 0 Å². The van der Waals surface area contributed by atoms with Crippen LogP contribution in [0.1, 0.15) is 19.3 Å². The van der Waals surface area contributed by atoms with E-state index in [0.29, 0.717) is 18.3 Å². The molecule has 1 saturated carbocycles. The summed E-state index contributed by atoms with van der Waals surface area (Å²) in [6.45, 7) is 0.628. The minimum atomic E-state index is -0.464. The van der Waals surface area contributed by atoms with Gasteiger partial charge in [0, 0.05) is 18.2 Å². The molecule has 0 spiro atoms. The number of halogens is 1. The average molecular weight is 196 g/mol. The Kier molecular flexibility index (Phi) is 2.57. The van der Waals surface area contributed by atoms with Crippen molar-refractivity contribution in [2.75, 3.05) is 6.61 Å². The highest BCUT2D eigenvalue weighted by Gasteiger charge is 2.17. The van der Waals surface area contributed by atoms with E-state index in [9.17, 15) is 4.39 Å². The van der Waals surface area contributed by atoms with Crippen molar-refractivity contribution in [3.05, 3.63) is 24.0 Å². The van der Waals surface area contributed by atoms with E-state index in [1.165, 1.54) is 31.4 Å². The van der Waals surface area contributed by atoms with Crippen LogP contribution in [0, 0.1) is 11.7 Å². The van der Waals surface area contributed by atoms with E-state index in [4.69, 9.17) is 9.84 Å². The third-order valence-electron chi connectivity index (χ3n) is 2.57. The molecule has 1 fully saturated rings. The second kappa shape index (κ2) is 3.86. The number of aromatic hydroxyl groups is 1. The highest BCUT2D eigenvalue weighted by atomic mass is 19.1. The smallest absolute Gasteiger partial charge is 0.130 e. The van der Waals surface area contributed by atoms with Gasteiger partial charge in [0.2, 0.25) is 0 Å². The fraction of sp³-hybridized carbons (Fsp3) is 0.455. The maximum absolute atomic E-state index is 12.8. The maximum Gasteiger partial charge on any atom is 0.130 e. The zero-order valence-electron chi connectivity index (χ0n) is 7.87. The van der Waals surface area contributed by atoms with Gasteiger partial charge < -0.3 is 9.84 Å². The monoisotopic (exact) mass is 196 g/mol. The second-order valence-electron chi connectivity index (χ2n) is 3.75. The van der Waals surface area contributed by atoms with Crippen LogP contribution in [0.5, 0.6) is 11.5 Å². The molecular weight excluding hydrogens is 183 g/mol. The molecule has 2 nitrogen and oxygen atoms in total. The topological polar surface area (TPSA) is 29.5 Å². The van der Waals surface area contributed by atoms with Gasteiger partial charge in [-0.05, 0) is 18.8 Å². The van der Waals surface area contributed by atoms with Gasteiger partial charge in [-0.1, -0.05) is 6.42 Å². The number of hydrogen-bond donors (Lipinski definition) is 1. The number of phenols is 1. The zero-order chi connectivity index (χ0) is 9.97. The van der Waals surface area contributed by atoms with Crippen LogP contribution in [-0.4, -0.2) is 11.7 Å². The number of ether oxygens (including phenoxy) is 1. The van der Waals surface area contributed by atoms with Crippen molar-refractivity contribution in [3.8, 4) is 11.5 Å². The average Bonchev–Trinajstić information content (AvgIpc) is 1.99. The lowest BCUT2D eigenvalue weighted by Crippen LogP contribution is -2.19. The maximum atomic E-state index is 12.8. The number of phenolic OH excluding ortho intramolecular Hbond substituents is 1. The SMILES string of the molecule is Oc1cc(F)cc(OCC2CCC2)c1. The molecule has 0 atom stereocenters. The predicted molar refractivity (Wildman–Crippen MR) is 50.9 cm³/mol. The Morgan fingerprint density at radius 2 is 2.14 bits per heavy atom. The fourth-order valence-corrected chi connectivity index (χ4v) is 1.50. The molecule has 1 aromatic carbocycles. The van der Waals surface area contributed by atoms with Gasteiger partial charge in [-0.25, -0.2) is 4.39 Å². The third-order valence-corrected chi connectivity index (χ3v) is 2.57. The molecule has 14 heavy (non-hydrogen) atoms. The fourth-order valence-electron chi connectivity index (χ4n) is 1.50. The van der Waals surface area contributed by atoms with E-state index in [-0.39, 0.29) is 5.75 Å². The lowest BCUT2D eigenvalue weighted by atomic mass is 9.86. The van der Waals surface area contributed by atoms with Crippen LogP contribution in [0.2, 0.25) is 0 Å². The summed E-state index contributed by atoms with van der Waals surface area (Å²) in [5.74, 6) is 0.469. The minimum absolute atomic E-state index is 0.0893. The highest BCUT2D eigenvalue weighted by Crippen LogP contribution is 2.28. The van der Waals surface area contributed by atoms with Crippen LogP contribution < -0.4 is 4.74 Å². The summed E-state index contributed by atoms with van der Waals surface area (Å²) < 4.78 is 18.2. The van der Waals surface area contributed by atoms with Crippen LogP contribution in [0.25, 0.3) is 0 Å². The van der Waals surface area contributed by atoms with Crippen molar-refractivity contribution < 1.29 is 14.2 Å². The summed E-state index contributed by atoms with van der Waals surface area (Å²) in [7, 11) is 0.